The number of amidine groups is 1. The third-order valence-corrected chi connectivity index (χ3v) is 2.13. The average molecular weight is 242 g/mol. The van der Waals surface area contributed by atoms with E-state index in [1.54, 1.807) is 0 Å². The van der Waals surface area contributed by atoms with Gasteiger partial charge in [0, 0.05) is 22.3 Å². The van der Waals surface area contributed by atoms with Crippen LogP contribution in [0.25, 0.3) is 0 Å². The van der Waals surface area contributed by atoms with Crippen LogP contribution in [0.2, 0.25) is 0 Å². The highest BCUT2D eigenvalue weighted by Gasteiger charge is 2.04. The Hall–Kier alpha value is -1.03. The smallest absolute Gasteiger partial charge is 0.124 e. The zero-order valence-corrected chi connectivity index (χ0v) is 8.98. The molecule has 0 aliphatic heterocycles. The lowest BCUT2D eigenvalue weighted by molar-refractivity contribution is 1.21. The zero-order valence-electron chi connectivity index (χ0n) is 7.39. The molecule has 0 saturated carbocycles. The Balaban J connectivity index is 3.10. The molecule has 70 valence electrons. The normalized spacial score (nSPS) is 9.69. The number of hydrogen-bond donors (Lipinski definition) is 3. The maximum Gasteiger partial charge on any atom is 0.124 e. The number of hydrogen-bond acceptors (Lipinski definition) is 2. The third kappa shape index (κ3) is 2.45. The monoisotopic (exact) mass is 241 g/mol. The van der Waals surface area contributed by atoms with Gasteiger partial charge in [-0.05, 0) is 25.1 Å². The molecule has 1 rings (SSSR count). The highest BCUT2D eigenvalue weighted by atomic mass is 79.9. The van der Waals surface area contributed by atoms with Gasteiger partial charge in [0.15, 0.2) is 0 Å². The average Bonchev–Trinajstić information content (AvgIpc) is 2.08. The van der Waals surface area contributed by atoms with Crippen molar-refractivity contribution >= 4 is 27.5 Å². The first kappa shape index (κ1) is 10.1. The second kappa shape index (κ2) is 4.28. The van der Waals surface area contributed by atoms with E-state index in [9.17, 15) is 0 Å². The number of rotatable bonds is 3. The first-order valence-electron chi connectivity index (χ1n) is 4.03. The van der Waals surface area contributed by atoms with E-state index in [4.69, 9.17) is 11.1 Å². The molecule has 0 aromatic heterocycles. The van der Waals surface area contributed by atoms with Crippen LogP contribution in [-0.2, 0) is 0 Å². The van der Waals surface area contributed by atoms with Crippen LogP contribution < -0.4 is 11.1 Å². The van der Waals surface area contributed by atoms with Crippen LogP contribution in [0.3, 0.4) is 0 Å². The SMILES string of the molecule is CCNc1ccc(Br)cc1C(=N)N. The van der Waals surface area contributed by atoms with E-state index < -0.39 is 0 Å². The lowest BCUT2D eigenvalue weighted by Gasteiger charge is -2.09. The molecule has 13 heavy (non-hydrogen) atoms. The minimum atomic E-state index is 0.0808. The summed E-state index contributed by atoms with van der Waals surface area (Å²) in [5.41, 5.74) is 7.07. The van der Waals surface area contributed by atoms with Gasteiger partial charge in [-0.25, -0.2) is 0 Å². The van der Waals surface area contributed by atoms with E-state index in [2.05, 4.69) is 21.2 Å². The van der Waals surface area contributed by atoms with E-state index in [0.717, 1.165) is 22.3 Å². The van der Waals surface area contributed by atoms with Crippen molar-refractivity contribution in [3.63, 3.8) is 0 Å². The maximum atomic E-state index is 7.37. The summed E-state index contributed by atoms with van der Waals surface area (Å²) in [6.45, 7) is 2.83. The van der Waals surface area contributed by atoms with Crippen LogP contribution in [0.1, 0.15) is 12.5 Å². The molecule has 1 aromatic rings. The highest BCUT2D eigenvalue weighted by molar-refractivity contribution is 9.10. The number of nitrogens with one attached hydrogen (secondary N) is 2. The van der Waals surface area contributed by atoms with Crippen LogP contribution in [-0.4, -0.2) is 12.4 Å². The summed E-state index contributed by atoms with van der Waals surface area (Å²) in [6, 6.07) is 5.66. The van der Waals surface area contributed by atoms with Crippen molar-refractivity contribution in [2.24, 2.45) is 5.73 Å². The van der Waals surface area contributed by atoms with Gasteiger partial charge in [-0.15, -0.1) is 0 Å². The van der Waals surface area contributed by atoms with E-state index in [0.29, 0.717) is 0 Å². The molecule has 1 aromatic carbocycles. The fourth-order valence-electron chi connectivity index (χ4n) is 1.08. The quantitative estimate of drug-likeness (QED) is 0.561. The van der Waals surface area contributed by atoms with Crippen molar-refractivity contribution in [2.75, 3.05) is 11.9 Å². The lowest BCUT2D eigenvalue weighted by Crippen LogP contribution is -2.14. The highest BCUT2D eigenvalue weighted by Crippen LogP contribution is 2.20. The molecule has 4 heteroatoms. The summed E-state index contributed by atoms with van der Waals surface area (Å²) in [5, 5.41) is 10.5. The summed E-state index contributed by atoms with van der Waals surface area (Å²) in [7, 11) is 0. The lowest BCUT2D eigenvalue weighted by atomic mass is 10.1. The van der Waals surface area contributed by atoms with Gasteiger partial charge in [0.25, 0.3) is 0 Å². The van der Waals surface area contributed by atoms with E-state index >= 15 is 0 Å². The second-order valence-corrected chi connectivity index (χ2v) is 3.55. The van der Waals surface area contributed by atoms with Gasteiger partial charge < -0.3 is 11.1 Å². The van der Waals surface area contributed by atoms with Crippen molar-refractivity contribution in [1.82, 2.24) is 0 Å². The maximum absolute atomic E-state index is 7.37. The number of benzene rings is 1. The van der Waals surface area contributed by atoms with Crippen LogP contribution in [0.5, 0.6) is 0 Å². The molecule has 0 bridgehead atoms. The molecule has 0 radical (unpaired) electrons. The first-order valence-corrected chi connectivity index (χ1v) is 4.82. The van der Waals surface area contributed by atoms with Crippen LogP contribution in [0.15, 0.2) is 22.7 Å². The van der Waals surface area contributed by atoms with E-state index in [1.807, 2.05) is 25.1 Å². The molecular formula is C9H12BrN3. The summed E-state index contributed by atoms with van der Waals surface area (Å²) >= 11 is 3.34. The molecule has 0 aliphatic rings. The van der Waals surface area contributed by atoms with Gasteiger partial charge in [0.1, 0.15) is 5.84 Å². The Labute approximate surface area is 86.0 Å². The van der Waals surface area contributed by atoms with E-state index in [1.165, 1.54) is 0 Å². The van der Waals surface area contributed by atoms with Crippen molar-refractivity contribution in [1.29, 1.82) is 5.41 Å². The Morgan fingerprint density at radius 1 is 1.62 bits per heavy atom. The van der Waals surface area contributed by atoms with Crippen LogP contribution in [0.4, 0.5) is 5.69 Å². The zero-order chi connectivity index (χ0) is 9.84. The Morgan fingerprint density at radius 3 is 2.85 bits per heavy atom. The summed E-state index contributed by atoms with van der Waals surface area (Å²) in [5.74, 6) is 0.0808. The third-order valence-electron chi connectivity index (χ3n) is 1.64. The molecule has 0 spiro atoms. The van der Waals surface area contributed by atoms with Gasteiger partial charge in [-0.1, -0.05) is 15.9 Å². The summed E-state index contributed by atoms with van der Waals surface area (Å²) in [4.78, 5) is 0. The molecule has 0 unspecified atom stereocenters. The molecule has 4 N–H and O–H groups in total. The minimum Gasteiger partial charge on any atom is -0.385 e. The molecule has 3 nitrogen and oxygen atoms in total. The molecule has 0 heterocycles. The minimum absolute atomic E-state index is 0.0808. The van der Waals surface area contributed by atoms with Gasteiger partial charge in [0.2, 0.25) is 0 Å². The molecular weight excluding hydrogens is 230 g/mol. The van der Waals surface area contributed by atoms with Crippen LogP contribution in [0, 0.1) is 5.41 Å². The Morgan fingerprint density at radius 2 is 2.31 bits per heavy atom. The number of nitrogen functional groups attached to an aromatic ring is 1. The Bertz CT molecular complexity index is 323. The fourth-order valence-corrected chi connectivity index (χ4v) is 1.44. The van der Waals surface area contributed by atoms with Crippen molar-refractivity contribution in [3.8, 4) is 0 Å². The van der Waals surface area contributed by atoms with Crippen molar-refractivity contribution < 1.29 is 0 Å². The molecule has 0 aliphatic carbocycles. The van der Waals surface area contributed by atoms with E-state index in [-0.39, 0.29) is 5.84 Å². The molecule has 0 atom stereocenters. The fraction of sp³-hybridized carbons (Fsp3) is 0.222. The van der Waals surface area contributed by atoms with Crippen molar-refractivity contribution in [2.45, 2.75) is 6.92 Å². The van der Waals surface area contributed by atoms with Gasteiger partial charge >= 0.3 is 0 Å². The van der Waals surface area contributed by atoms with Gasteiger partial charge in [-0.3, -0.25) is 5.41 Å². The number of halogens is 1. The van der Waals surface area contributed by atoms with Crippen molar-refractivity contribution in [3.05, 3.63) is 28.2 Å². The topological polar surface area (TPSA) is 61.9 Å². The summed E-state index contributed by atoms with van der Waals surface area (Å²) in [6.07, 6.45) is 0. The first-order chi connectivity index (χ1) is 6.15. The Kier molecular flexibility index (Phi) is 3.31. The molecule has 0 saturated heterocycles. The second-order valence-electron chi connectivity index (χ2n) is 2.63. The number of nitrogens with two attached hydrogens (primary N) is 1. The summed E-state index contributed by atoms with van der Waals surface area (Å²) < 4.78 is 0.930. The van der Waals surface area contributed by atoms with Crippen LogP contribution >= 0.6 is 15.9 Å². The predicted molar refractivity (Wildman–Crippen MR) is 59.3 cm³/mol. The molecule has 0 amide bonds. The predicted octanol–water partition coefficient (Wildman–Crippen LogP) is 2.16. The number of anilines is 1. The van der Waals surface area contributed by atoms with Gasteiger partial charge in [0.05, 0.1) is 0 Å². The largest absolute Gasteiger partial charge is 0.385 e. The standard InChI is InChI=1S/C9H12BrN3/c1-2-13-8-4-3-6(10)5-7(8)9(11)12/h3-5,13H,2H2,1H3,(H3,11,12). The van der Waals surface area contributed by atoms with Gasteiger partial charge in [-0.2, -0.15) is 0 Å². The molecule has 0 fully saturated rings.